The van der Waals surface area contributed by atoms with Crippen LogP contribution in [0, 0.1) is 5.92 Å². The molecule has 1 aromatic carbocycles. The van der Waals surface area contributed by atoms with Crippen LogP contribution in [0.15, 0.2) is 30.3 Å². The summed E-state index contributed by atoms with van der Waals surface area (Å²) in [6, 6.07) is 8.59. The van der Waals surface area contributed by atoms with E-state index in [2.05, 4.69) is 10.6 Å². The number of carbonyl (C=O) groups excluding carboxylic acids is 2. The first-order valence-electron chi connectivity index (χ1n) is 8.28. The van der Waals surface area contributed by atoms with E-state index < -0.39 is 6.04 Å². The summed E-state index contributed by atoms with van der Waals surface area (Å²) in [6.07, 6.45) is 0.588. The van der Waals surface area contributed by atoms with Crippen molar-refractivity contribution in [3.8, 4) is 5.75 Å². The van der Waals surface area contributed by atoms with Crippen molar-refractivity contribution in [3.63, 3.8) is 0 Å². The lowest BCUT2D eigenvalue weighted by Crippen LogP contribution is -2.49. The van der Waals surface area contributed by atoms with Crippen molar-refractivity contribution >= 4 is 11.8 Å². The fourth-order valence-corrected chi connectivity index (χ4v) is 2.13. The topological polar surface area (TPSA) is 70.7 Å². The number of ether oxygens (including phenoxy) is 1. The molecule has 0 aliphatic rings. The van der Waals surface area contributed by atoms with Gasteiger partial charge in [-0.05, 0) is 38.6 Å². The molecule has 0 aliphatic carbocycles. The Morgan fingerprint density at radius 2 is 1.83 bits per heavy atom. The van der Waals surface area contributed by atoms with Crippen molar-refractivity contribution in [1.29, 1.82) is 0 Å². The largest absolute Gasteiger partial charge is 0.484 e. The summed E-state index contributed by atoms with van der Waals surface area (Å²) in [5.74, 6) is 0.472. The van der Waals surface area contributed by atoms with Crippen LogP contribution in [0.4, 0.5) is 0 Å². The number of nitrogens with zero attached hydrogens (tertiary/aromatic N) is 1. The number of likely N-dealkylation sites (N-methyl/N-ethyl adjacent to an activating group) is 1. The zero-order valence-electron chi connectivity index (χ0n) is 15.0. The molecule has 0 fully saturated rings. The Hall–Kier alpha value is -2.08. The molecule has 134 valence electrons. The number of hydrogen-bond acceptors (Lipinski definition) is 4. The van der Waals surface area contributed by atoms with Gasteiger partial charge in [0, 0.05) is 13.1 Å². The number of rotatable bonds is 10. The Kier molecular flexibility index (Phi) is 8.86. The average Bonchev–Trinajstić information content (AvgIpc) is 2.52. The van der Waals surface area contributed by atoms with Crippen LogP contribution >= 0.6 is 0 Å². The minimum atomic E-state index is -0.543. The van der Waals surface area contributed by atoms with Gasteiger partial charge in [0.25, 0.3) is 5.91 Å². The van der Waals surface area contributed by atoms with Gasteiger partial charge in [-0.3, -0.25) is 9.59 Å². The van der Waals surface area contributed by atoms with Crippen LogP contribution in [-0.2, 0) is 9.59 Å². The van der Waals surface area contributed by atoms with Gasteiger partial charge in [0.05, 0.1) is 0 Å². The molecule has 6 heteroatoms. The molecular weight excluding hydrogens is 306 g/mol. The molecule has 0 bridgehead atoms. The Morgan fingerprint density at radius 3 is 2.42 bits per heavy atom. The Labute approximate surface area is 144 Å². The maximum atomic E-state index is 12.3. The predicted molar refractivity (Wildman–Crippen MR) is 94.9 cm³/mol. The van der Waals surface area contributed by atoms with Crippen LogP contribution in [0.3, 0.4) is 0 Å². The van der Waals surface area contributed by atoms with Crippen molar-refractivity contribution in [2.75, 3.05) is 33.8 Å². The summed E-state index contributed by atoms with van der Waals surface area (Å²) in [7, 11) is 3.89. The SMILES string of the molecule is CC(C)C[C@H](NC(=O)COc1ccccc1)C(=O)NCCN(C)C. The zero-order valence-corrected chi connectivity index (χ0v) is 15.0. The third-order valence-electron chi connectivity index (χ3n) is 3.33. The Balaban J connectivity index is 2.48. The molecule has 0 radical (unpaired) electrons. The molecule has 24 heavy (non-hydrogen) atoms. The monoisotopic (exact) mass is 335 g/mol. The first-order valence-corrected chi connectivity index (χ1v) is 8.28. The molecule has 1 aromatic rings. The number of benzene rings is 1. The van der Waals surface area contributed by atoms with Crippen LogP contribution in [0.1, 0.15) is 20.3 Å². The standard InChI is InChI=1S/C18H29N3O3/c1-14(2)12-16(18(23)19-10-11-21(3)4)20-17(22)13-24-15-8-6-5-7-9-15/h5-9,14,16H,10-13H2,1-4H3,(H,19,23)(H,20,22)/t16-/m0/s1. The van der Waals surface area contributed by atoms with E-state index in [1.807, 2.05) is 51.0 Å². The predicted octanol–water partition coefficient (Wildman–Crippen LogP) is 1.27. The molecule has 1 rings (SSSR count). The zero-order chi connectivity index (χ0) is 17.9. The van der Waals surface area contributed by atoms with E-state index in [9.17, 15) is 9.59 Å². The highest BCUT2D eigenvalue weighted by molar-refractivity contribution is 5.88. The second-order valence-corrected chi connectivity index (χ2v) is 6.45. The van der Waals surface area contributed by atoms with Crippen molar-refractivity contribution < 1.29 is 14.3 Å². The lowest BCUT2D eigenvalue weighted by molar-refractivity contribution is -0.130. The number of carbonyl (C=O) groups is 2. The molecule has 0 unspecified atom stereocenters. The van der Waals surface area contributed by atoms with E-state index in [4.69, 9.17) is 4.74 Å². The Bertz CT molecular complexity index is 503. The van der Waals surface area contributed by atoms with E-state index in [0.717, 1.165) is 6.54 Å². The highest BCUT2D eigenvalue weighted by Gasteiger charge is 2.21. The van der Waals surface area contributed by atoms with Gasteiger partial charge in [-0.1, -0.05) is 32.0 Å². The number of amides is 2. The van der Waals surface area contributed by atoms with Gasteiger partial charge < -0.3 is 20.3 Å². The van der Waals surface area contributed by atoms with E-state index in [1.165, 1.54) is 0 Å². The summed E-state index contributed by atoms with van der Waals surface area (Å²) < 4.78 is 5.42. The van der Waals surface area contributed by atoms with Gasteiger partial charge in [0.2, 0.25) is 5.91 Å². The molecular formula is C18H29N3O3. The number of nitrogens with one attached hydrogen (secondary N) is 2. The van der Waals surface area contributed by atoms with Crippen LogP contribution < -0.4 is 15.4 Å². The van der Waals surface area contributed by atoms with Crippen LogP contribution in [-0.4, -0.2) is 56.5 Å². The maximum Gasteiger partial charge on any atom is 0.258 e. The van der Waals surface area contributed by atoms with Crippen molar-refractivity contribution in [2.45, 2.75) is 26.3 Å². The highest BCUT2D eigenvalue weighted by atomic mass is 16.5. The fraction of sp³-hybridized carbons (Fsp3) is 0.556. The van der Waals surface area contributed by atoms with Crippen molar-refractivity contribution in [1.82, 2.24) is 15.5 Å². The molecule has 0 saturated heterocycles. The van der Waals surface area contributed by atoms with Gasteiger partial charge in [0.15, 0.2) is 6.61 Å². The third-order valence-corrected chi connectivity index (χ3v) is 3.33. The quantitative estimate of drug-likeness (QED) is 0.676. The summed E-state index contributed by atoms with van der Waals surface area (Å²) in [5.41, 5.74) is 0. The van der Waals surface area contributed by atoms with Gasteiger partial charge in [-0.2, -0.15) is 0 Å². The maximum absolute atomic E-state index is 12.3. The van der Waals surface area contributed by atoms with E-state index in [0.29, 0.717) is 24.6 Å². The van der Waals surface area contributed by atoms with Crippen molar-refractivity contribution in [2.24, 2.45) is 5.92 Å². The molecule has 2 amide bonds. The summed E-state index contributed by atoms with van der Waals surface area (Å²) in [4.78, 5) is 26.3. The van der Waals surface area contributed by atoms with E-state index >= 15 is 0 Å². The second kappa shape index (κ2) is 10.6. The first-order chi connectivity index (χ1) is 11.4. The molecule has 2 N–H and O–H groups in total. The van der Waals surface area contributed by atoms with Crippen LogP contribution in [0.2, 0.25) is 0 Å². The van der Waals surface area contributed by atoms with Crippen LogP contribution in [0.25, 0.3) is 0 Å². The summed E-state index contributed by atoms with van der Waals surface area (Å²) >= 11 is 0. The molecule has 1 atom stereocenters. The summed E-state index contributed by atoms with van der Waals surface area (Å²) in [6.45, 7) is 5.24. The highest BCUT2D eigenvalue weighted by Crippen LogP contribution is 2.08. The third kappa shape index (κ3) is 8.53. The van der Waals surface area contributed by atoms with Crippen LogP contribution in [0.5, 0.6) is 5.75 Å². The Morgan fingerprint density at radius 1 is 1.17 bits per heavy atom. The normalized spacial score (nSPS) is 12.1. The fourth-order valence-electron chi connectivity index (χ4n) is 2.13. The number of para-hydroxylation sites is 1. The molecule has 0 heterocycles. The first kappa shape index (κ1) is 20.0. The van der Waals surface area contributed by atoms with E-state index in [1.54, 1.807) is 12.1 Å². The van der Waals surface area contributed by atoms with Gasteiger partial charge in [-0.25, -0.2) is 0 Å². The van der Waals surface area contributed by atoms with E-state index in [-0.39, 0.29) is 18.4 Å². The molecule has 6 nitrogen and oxygen atoms in total. The van der Waals surface area contributed by atoms with Gasteiger partial charge >= 0.3 is 0 Å². The lowest BCUT2D eigenvalue weighted by Gasteiger charge is -2.21. The van der Waals surface area contributed by atoms with Gasteiger partial charge in [-0.15, -0.1) is 0 Å². The smallest absolute Gasteiger partial charge is 0.258 e. The molecule has 0 spiro atoms. The molecule has 0 aromatic heterocycles. The molecule has 0 saturated carbocycles. The average molecular weight is 335 g/mol. The summed E-state index contributed by atoms with van der Waals surface area (Å²) in [5, 5.41) is 5.63. The number of hydrogen-bond donors (Lipinski definition) is 2. The second-order valence-electron chi connectivity index (χ2n) is 6.45. The lowest BCUT2D eigenvalue weighted by atomic mass is 10.0. The minimum Gasteiger partial charge on any atom is -0.484 e. The minimum absolute atomic E-state index is 0.108. The van der Waals surface area contributed by atoms with Gasteiger partial charge in [0.1, 0.15) is 11.8 Å². The molecule has 0 aliphatic heterocycles. The van der Waals surface area contributed by atoms with Crippen molar-refractivity contribution in [3.05, 3.63) is 30.3 Å².